The maximum absolute atomic E-state index is 12.4. The highest BCUT2D eigenvalue weighted by molar-refractivity contribution is 5.76. The molecule has 132 valence electrons. The van der Waals surface area contributed by atoms with E-state index >= 15 is 0 Å². The maximum atomic E-state index is 12.4. The van der Waals surface area contributed by atoms with Crippen LogP contribution in [0, 0.1) is 0 Å². The van der Waals surface area contributed by atoms with E-state index in [1.165, 1.54) is 55.2 Å². The largest absolute Gasteiger partial charge is 0.508 e. The van der Waals surface area contributed by atoms with Gasteiger partial charge in [0.1, 0.15) is 5.75 Å². The van der Waals surface area contributed by atoms with E-state index in [9.17, 15) is 14.7 Å². The lowest BCUT2D eigenvalue weighted by Gasteiger charge is -2.40. The van der Waals surface area contributed by atoms with Gasteiger partial charge in [-0.05, 0) is 44.8 Å². The van der Waals surface area contributed by atoms with Crippen LogP contribution in [0.15, 0.2) is 23.1 Å². The van der Waals surface area contributed by atoms with Crippen molar-refractivity contribution < 1.29 is 9.90 Å². The van der Waals surface area contributed by atoms with Crippen molar-refractivity contribution in [3.8, 4) is 5.75 Å². The fraction of sp³-hybridized carbons (Fsp3) is 0.667. The van der Waals surface area contributed by atoms with Crippen LogP contribution in [0.4, 0.5) is 0 Å². The van der Waals surface area contributed by atoms with Crippen molar-refractivity contribution >= 4 is 5.91 Å². The van der Waals surface area contributed by atoms with E-state index in [4.69, 9.17) is 0 Å². The third kappa shape index (κ3) is 4.17. The second kappa shape index (κ2) is 7.83. The van der Waals surface area contributed by atoms with Crippen LogP contribution in [0.3, 0.4) is 0 Å². The monoisotopic (exact) mass is 333 g/mol. The van der Waals surface area contributed by atoms with Gasteiger partial charge in [0.25, 0.3) is 5.56 Å². The Morgan fingerprint density at radius 3 is 2.50 bits per heavy atom. The number of carbonyl (C=O) groups is 1. The summed E-state index contributed by atoms with van der Waals surface area (Å²) in [7, 11) is 0. The van der Waals surface area contributed by atoms with Crippen molar-refractivity contribution in [2.24, 2.45) is 0 Å². The fourth-order valence-corrected chi connectivity index (χ4v) is 3.82. The molecule has 0 aliphatic carbocycles. The molecule has 0 saturated carbocycles. The van der Waals surface area contributed by atoms with Gasteiger partial charge in [0, 0.05) is 44.4 Å². The molecule has 6 heteroatoms. The first-order valence-corrected chi connectivity index (χ1v) is 9.05. The SMILES string of the molecule is O=C(CCn1ccc(O)cc1=O)N1CCC(N2CCCCC2)CC1. The van der Waals surface area contributed by atoms with Crippen LogP contribution in [-0.2, 0) is 11.3 Å². The molecular weight excluding hydrogens is 306 g/mol. The summed E-state index contributed by atoms with van der Waals surface area (Å²) in [5, 5.41) is 9.26. The van der Waals surface area contributed by atoms with Crippen molar-refractivity contribution in [3.05, 3.63) is 28.7 Å². The van der Waals surface area contributed by atoms with Crippen molar-refractivity contribution in [1.29, 1.82) is 0 Å². The Labute approximate surface area is 142 Å². The summed E-state index contributed by atoms with van der Waals surface area (Å²) in [5.74, 6) is 0.0782. The van der Waals surface area contributed by atoms with Crippen molar-refractivity contribution in [2.45, 2.75) is 51.1 Å². The summed E-state index contributed by atoms with van der Waals surface area (Å²) in [6.45, 7) is 4.43. The van der Waals surface area contributed by atoms with E-state index < -0.39 is 0 Å². The summed E-state index contributed by atoms with van der Waals surface area (Å²) in [5.41, 5.74) is -0.272. The topological polar surface area (TPSA) is 65.8 Å². The molecule has 2 aliphatic rings. The molecule has 1 aromatic rings. The first kappa shape index (κ1) is 17.0. The Hall–Kier alpha value is -1.82. The van der Waals surface area contributed by atoms with Crippen molar-refractivity contribution in [3.63, 3.8) is 0 Å². The summed E-state index contributed by atoms with van der Waals surface area (Å²) >= 11 is 0. The van der Waals surface area contributed by atoms with Gasteiger partial charge in [0.05, 0.1) is 0 Å². The van der Waals surface area contributed by atoms with Gasteiger partial charge < -0.3 is 19.5 Å². The molecule has 0 bridgehead atoms. The third-order valence-electron chi connectivity index (χ3n) is 5.27. The lowest BCUT2D eigenvalue weighted by molar-refractivity contribution is -0.133. The lowest BCUT2D eigenvalue weighted by Crippen LogP contribution is -2.48. The lowest BCUT2D eigenvalue weighted by atomic mass is 10.00. The first-order valence-electron chi connectivity index (χ1n) is 9.05. The van der Waals surface area contributed by atoms with E-state index in [-0.39, 0.29) is 17.2 Å². The standard InChI is InChI=1S/C18H27N3O3/c22-16-6-12-21(18(24)14-16)13-7-17(23)20-10-4-15(5-11-20)19-8-2-1-3-9-19/h6,12,14-15,22H,1-5,7-11,13H2. The summed E-state index contributed by atoms with van der Waals surface area (Å²) in [4.78, 5) is 28.6. The number of pyridine rings is 1. The molecule has 0 atom stereocenters. The van der Waals surface area contributed by atoms with E-state index in [0.29, 0.717) is 19.0 Å². The van der Waals surface area contributed by atoms with Crippen LogP contribution >= 0.6 is 0 Å². The Bertz CT molecular complexity index is 614. The van der Waals surface area contributed by atoms with Gasteiger partial charge in [-0.3, -0.25) is 9.59 Å². The van der Waals surface area contributed by atoms with E-state index in [2.05, 4.69) is 4.90 Å². The molecule has 2 fully saturated rings. The summed E-state index contributed by atoms with van der Waals surface area (Å²) in [6, 6.07) is 3.28. The van der Waals surface area contributed by atoms with E-state index in [1.807, 2.05) is 4.90 Å². The second-order valence-electron chi connectivity index (χ2n) is 6.88. The maximum Gasteiger partial charge on any atom is 0.254 e. The van der Waals surface area contributed by atoms with Crippen molar-refractivity contribution in [1.82, 2.24) is 14.4 Å². The molecule has 3 heterocycles. The van der Waals surface area contributed by atoms with Crippen LogP contribution < -0.4 is 5.56 Å². The number of aromatic nitrogens is 1. The molecule has 2 aliphatic heterocycles. The average Bonchev–Trinajstić information content (AvgIpc) is 2.62. The Morgan fingerprint density at radius 2 is 1.83 bits per heavy atom. The summed E-state index contributed by atoms with van der Waals surface area (Å²) < 4.78 is 1.47. The van der Waals surface area contributed by atoms with Crippen LogP contribution in [0.25, 0.3) is 0 Å². The number of aromatic hydroxyl groups is 1. The average molecular weight is 333 g/mol. The van der Waals surface area contributed by atoms with Gasteiger partial charge >= 0.3 is 0 Å². The van der Waals surface area contributed by atoms with Crippen LogP contribution in [0.2, 0.25) is 0 Å². The predicted molar refractivity (Wildman–Crippen MR) is 92.0 cm³/mol. The number of hydrogen-bond acceptors (Lipinski definition) is 4. The zero-order valence-electron chi connectivity index (χ0n) is 14.2. The van der Waals surface area contributed by atoms with Gasteiger partial charge in [-0.25, -0.2) is 0 Å². The number of aryl methyl sites for hydroxylation is 1. The molecule has 1 N–H and O–H groups in total. The van der Waals surface area contributed by atoms with Gasteiger partial charge in [-0.15, -0.1) is 0 Å². The molecule has 0 spiro atoms. The molecule has 0 aromatic carbocycles. The molecule has 1 aromatic heterocycles. The highest BCUT2D eigenvalue weighted by atomic mass is 16.3. The van der Waals surface area contributed by atoms with E-state index in [1.54, 1.807) is 0 Å². The smallest absolute Gasteiger partial charge is 0.254 e. The zero-order chi connectivity index (χ0) is 16.9. The third-order valence-corrected chi connectivity index (χ3v) is 5.27. The number of carbonyl (C=O) groups excluding carboxylic acids is 1. The Balaban J connectivity index is 1.45. The molecule has 6 nitrogen and oxygen atoms in total. The number of likely N-dealkylation sites (tertiary alicyclic amines) is 2. The zero-order valence-corrected chi connectivity index (χ0v) is 14.2. The van der Waals surface area contributed by atoms with Crippen LogP contribution in [0.5, 0.6) is 5.75 Å². The van der Waals surface area contributed by atoms with E-state index in [0.717, 1.165) is 25.9 Å². The quantitative estimate of drug-likeness (QED) is 0.905. The summed E-state index contributed by atoms with van der Waals surface area (Å²) in [6.07, 6.45) is 7.95. The van der Waals surface area contributed by atoms with Gasteiger partial charge in [-0.1, -0.05) is 6.42 Å². The number of amides is 1. The minimum Gasteiger partial charge on any atom is -0.508 e. The Morgan fingerprint density at radius 1 is 1.12 bits per heavy atom. The molecule has 0 radical (unpaired) electrons. The number of hydrogen-bond donors (Lipinski definition) is 1. The molecular formula is C18H27N3O3. The number of nitrogens with zero attached hydrogens (tertiary/aromatic N) is 3. The highest BCUT2D eigenvalue weighted by Gasteiger charge is 2.27. The molecule has 24 heavy (non-hydrogen) atoms. The Kier molecular flexibility index (Phi) is 5.56. The molecule has 1 amide bonds. The minimum atomic E-state index is -0.272. The predicted octanol–water partition coefficient (Wildman–Crippen LogP) is 1.42. The molecule has 3 rings (SSSR count). The highest BCUT2D eigenvalue weighted by Crippen LogP contribution is 2.21. The van der Waals surface area contributed by atoms with Gasteiger partial charge in [0.2, 0.25) is 5.91 Å². The normalized spacial score (nSPS) is 20.2. The fourth-order valence-electron chi connectivity index (χ4n) is 3.82. The van der Waals surface area contributed by atoms with Crippen LogP contribution in [0.1, 0.15) is 38.5 Å². The van der Waals surface area contributed by atoms with Crippen molar-refractivity contribution in [2.75, 3.05) is 26.2 Å². The first-order chi connectivity index (χ1) is 11.6. The molecule has 0 unspecified atom stereocenters. The van der Waals surface area contributed by atoms with Crippen LogP contribution in [-0.4, -0.2) is 57.6 Å². The van der Waals surface area contributed by atoms with Gasteiger partial charge in [0.15, 0.2) is 0 Å². The number of piperidine rings is 2. The minimum absolute atomic E-state index is 0.0395. The van der Waals surface area contributed by atoms with Gasteiger partial charge in [-0.2, -0.15) is 0 Å². The number of rotatable bonds is 4. The molecule has 2 saturated heterocycles. The second-order valence-corrected chi connectivity index (χ2v) is 6.88.